The van der Waals surface area contributed by atoms with Gasteiger partial charge in [0.1, 0.15) is 6.04 Å². The second kappa shape index (κ2) is 7.47. The molecule has 20 heavy (non-hydrogen) atoms. The van der Waals surface area contributed by atoms with Crippen LogP contribution in [0, 0.1) is 0 Å². The number of likely N-dealkylation sites (N-methyl/N-ethyl adjacent to an activating group) is 1. The van der Waals surface area contributed by atoms with Crippen molar-refractivity contribution in [2.24, 2.45) is 0 Å². The van der Waals surface area contributed by atoms with Gasteiger partial charge in [0.15, 0.2) is 0 Å². The van der Waals surface area contributed by atoms with Crippen molar-refractivity contribution in [1.29, 1.82) is 0 Å². The molecule has 2 N–H and O–H groups in total. The molecule has 5 nitrogen and oxygen atoms in total. The summed E-state index contributed by atoms with van der Waals surface area (Å²) < 4.78 is 0. The molecule has 0 saturated heterocycles. The molecule has 0 aliphatic carbocycles. The minimum Gasteiger partial charge on any atom is -0.480 e. The third-order valence-electron chi connectivity index (χ3n) is 2.89. The van der Waals surface area contributed by atoms with E-state index in [1.165, 1.54) is 11.8 Å². The van der Waals surface area contributed by atoms with E-state index in [1.54, 1.807) is 25.1 Å². The summed E-state index contributed by atoms with van der Waals surface area (Å²) in [5, 5.41) is 12.2. The van der Waals surface area contributed by atoms with Crippen LogP contribution in [0.5, 0.6) is 0 Å². The predicted molar refractivity (Wildman–Crippen MR) is 79.4 cm³/mol. The quantitative estimate of drug-likeness (QED) is 0.846. The highest BCUT2D eigenvalue weighted by atomic mass is 35.5. The fourth-order valence-electron chi connectivity index (χ4n) is 1.66. The van der Waals surface area contributed by atoms with Gasteiger partial charge >= 0.3 is 5.97 Å². The zero-order chi connectivity index (χ0) is 15.3. The molecule has 1 aromatic carbocycles. The monoisotopic (exact) mass is 318 g/mol. The number of anilines is 1. The van der Waals surface area contributed by atoms with Gasteiger partial charge in [0.25, 0.3) is 0 Å². The molecule has 110 valence electrons. The number of carboxylic acid groups (broad SMARTS) is 1. The topological polar surface area (TPSA) is 69.6 Å². The van der Waals surface area contributed by atoms with Crippen molar-refractivity contribution >= 4 is 40.8 Å². The lowest BCUT2D eigenvalue weighted by atomic mass is 10.2. The van der Waals surface area contributed by atoms with Crippen LogP contribution in [-0.4, -0.2) is 41.0 Å². The van der Waals surface area contributed by atoms with E-state index in [0.717, 1.165) is 0 Å². The summed E-state index contributed by atoms with van der Waals surface area (Å²) in [5.74, 6) is -1.34. The molecule has 0 radical (unpaired) electrons. The van der Waals surface area contributed by atoms with Crippen LogP contribution >= 0.6 is 23.2 Å². The second-order valence-electron chi connectivity index (χ2n) is 4.22. The lowest BCUT2D eigenvalue weighted by molar-refractivity contribution is -0.142. The van der Waals surface area contributed by atoms with Gasteiger partial charge in [0.2, 0.25) is 5.91 Å². The number of halogens is 2. The zero-order valence-electron chi connectivity index (χ0n) is 11.2. The first-order chi connectivity index (χ1) is 9.36. The van der Waals surface area contributed by atoms with Crippen LogP contribution in [0.3, 0.4) is 0 Å². The predicted octanol–water partition coefficient (Wildman–Crippen LogP) is 2.73. The number of aliphatic carboxylic acids is 1. The Labute approximate surface area is 127 Å². The molecule has 7 heteroatoms. The maximum absolute atomic E-state index is 12.0. The fraction of sp³-hybridized carbons (Fsp3) is 0.385. The number of amides is 1. The third kappa shape index (κ3) is 4.37. The maximum Gasteiger partial charge on any atom is 0.320 e. The molecule has 0 aliphatic rings. The average Bonchev–Trinajstić information content (AvgIpc) is 2.39. The van der Waals surface area contributed by atoms with Gasteiger partial charge in [-0.25, -0.2) is 0 Å². The Balaban J connectivity index is 2.74. The minimum atomic E-state index is -0.976. The summed E-state index contributed by atoms with van der Waals surface area (Å²) in [5.41, 5.74) is 0.333. The summed E-state index contributed by atoms with van der Waals surface area (Å²) in [6.07, 6.45) is 0. The molecule has 0 spiro atoms. The molecular weight excluding hydrogens is 303 g/mol. The Morgan fingerprint density at radius 3 is 2.35 bits per heavy atom. The van der Waals surface area contributed by atoms with Crippen molar-refractivity contribution in [3.05, 3.63) is 28.2 Å². The average molecular weight is 319 g/mol. The van der Waals surface area contributed by atoms with Crippen molar-refractivity contribution in [1.82, 2.24) is 4.90 Å². The molecule has 0 fully saturated rings. The van der Waals surface area contributed by atoms with Crippen molar-refractivity contribution in [2.75, 3.05) is 18.4 Å². The van der Waals surface area contributed by atoms with Gasteiger partial charge < -0.3 is 10.4 Å². The SMILES string of the molecule is CCN(CC(=O)Nc1c(Cl)cccc1Cl)C(C)C(=O)O. The zero-order valence-corrected chi connectivity index (χ0v) is 12.7. The van der Waals surface area contributed by atoms with Gasteiger partial charge in [0, 0.05) is 0 Å². The van der Waals surface area contributed by atoms with E-state index >= 15 is 0 Å². The number of rotatable bonds is 6. The van der Waals surface area contributed by atoms with Gasteiger partial charge in [-0.05, 0) is 25.6 Å². The molecule has 0 heterocycles. The van der Waals surface area contributed by atoms with Crippen LogP contribution < -0.4 is 5.32 Å². The van der Waals surface area contributed by atoms with Crippen molar-refractivity contribution in [3.63, 3.8) is 0 Å². The summed E-state index contributed by atoms with van der Waals surface area (Å²) in [6.45, 7) is 3.71. The highest BCUT2D eigenvalue weighted by molar-refractivity contribution is 6.39. The van der Waals surface area contributed by atoms with Gasteiger partial charge in [-0.2, -0.15) is 0 Å². The molecule has 0 saturated carbocycles. The van der Waals surface area contributed by atoms with Gasteiger partial charge in [0.05, 0.1) is 22.3 Å². The Morgan fingerprint density at radius 1 is 1.35 bits per heavy atom. The number of hydrogen-bond donors (Lipinski definition) is 2. The standard InChI is InChI=1S/C13H16Cl2N2O3/c1-3-17(8(2)13(19)20)7-11(18)16-12-9(14)5-4-6-10(12)15/h4-6,8H,3,7H2,1-2H3,(H,16,18)(H,19,20). The third-order valence-corrected chi connectivity index (χ3v) is 3.52. The van der Waals surface area contributed by atoms with E-state index < -0.39 is 12.0 Å². The number of carbonyl (C=O) groups excluding carboxylic acids is 1. The molecule has 1 unspecified atom stereocenters. The first-order valence-corrected chi connectivity index (χ1v) is 6.83. The number of benzene rings is 1. The minimum absolute atomic E-state index is 0.0501. The van der Waals surface area contributed by atoms with Crippen molar-refractivity contribution in [3.8, 4) is 0 Å². The number of hydrogen-bond acceptors (Lipinski definition) is 3. The first-order valence-electron chi connectivity index (χ1n) is 6.07. The smallest absolute Gasteiger partial charge is 0.320 e. The fourth-order valence-corrected chi connectivity index (χ4v) is 2.15. The van der Waals surface area contributed by atoms with E-state index in [2.05, 4.69) is 5.32 Å². The number of carboxylic acids is 1. The molecule has 0 aromatic heterocycles. The van der Waals surface area contributed by atoms with E-state index in [1.807, 2.05) is 0 Å². The highest BCUT2D eigenvalue weighted by Crippen LogP contribution is 2.29. The van der Waals surface area contributed by atoms with Crippen LogP contribution in [0.15, 0.2) is 18.2 Å². The van der Waals surface area contributed by atoms with Crippen LogP contribution in [-0.2, 0) is 9.59 Å². The maximum atomic E-state index is 12.0. The van der Waals surface area contributed by atoms with Crippen molar-refractivity contribution < 1.29 is 14.7 Å². The van der Waals surface area contributed by atoms with Crippen molar-refractivity contribution in [2.45, 2.75) is 19.9 Å². The lowest BCUT2D eigenvalue weighted by Crippen LogP contribution is -2.43. The molecule has 1 rings (SSSR count). The number of carbonyl (C=O) groups is 2. The van der Waals surface area contributed by atoms with Gasteiger partial charge in [-0.1, -0.05) is 36.2 Å². The van der Waals surface area contributed by atoms with Crippen LogP contribution in [0.25, 0.3) is 0 Å². The molecule has 1 aromatic rings. The molecular formula is C13H16Cl2N2O3. The highest BCUT2D eigenvalue weighted by Gasteiger charge is 2.22. The number of para-hydroxylation sites is 1. The summed E-state index contributed by atoms with van der Waals surface area (Å²) >= 11 is 11.9. The van der Waals surface area contributed by atoms with Crippen LogP contribution in [0.1, 0.15) is 13.8 Å². The van der Waals surface area contributed by atoms with Gasteiger partial charge in [-0.3, -0.25) is 14.5 Å². The Kier molecular flexibility index (Phi) is 6.26. The lowest BCUT2D eigenvalue weighted by Gasteiger charge is -2.24. The summed E-state index contributed by atoms with van der Waals surface area (Å²) in [7, 11) is 0. The van der Waals surface area contributed by atoms with E-state index in [0.29, 0.717) is 22.3 Å². The molecule has 0 aliphatic heterocycles. The Hall–Kier alpha value is -1.30. The van der Waals surface area contributed by atoms with E-state index in [4.69, 9.17) is 28.3 Å². The van der Waals surface area contributed by atoms with Crippen LogP contribution in [0.4, 0.5) is 5.69 Å². The first kappa shape index (κ1) is 16.8. The number of nitrogens with one attached hydrogen (secondary N) is 1. The summed E-state index contributed by atoms with van der Waals surface area (Å²) in [4.78, 5) is 24.4. The number of nitrogens with zero attached hydrogens (tertiary/aromatic N) is 1. The second-order valence-corrected chi connectivity index (χ2v) is 5.04. The summed E-state index contributed by atoms with van der Waals surface area (Å²) in [6, 6.07) is 4.15. The van der Waals surface area contributed by atoms with Gasteiger partial charge in [-0.15, -0.1) is 0 Å². The molecule has 0 bridgehead atoms. The Bertz CT molecular complexity index is 488. The van der Waals surface area contributed by atoms with Crippen LogP contribution in [0.2, 0.25) is 10.0 Å². The van der Waals surface area contributed by atoms with E-state index in [-0.39, 0.29) is 12.5 Å². The molecule has 1 amide bonds. The molecule has 1 atom stereocenters. The largest absolute Gasteiger partial charge is 0.480 e. The Morgan fingerprint density at radius 2 is 1.90 bits per heavy atom. The normalized spacial score (nSPS) is 12.2. The van der Waals surface area contributed by atoms with E-state index in [9.17, 15) is 9.59 Å².